The van der Waals surface area contributed by atoms with E-state index < -0.39 is 53.8 Å². The predicted octanol–water partition coefficient (Wildman–Crippen LogP) is -2.88. The zero-order valence-corrected chi connectivity index (χ0v) is 16.7. The Morgan fingerprint density at radius 3 is 2.17 bits per heavy atom. The number of aromatic amines is 1. The molecule has 13 nitrogen and oxygen atoms in total. The zero-order chi connectivity index (χ0) is 22.8. The van der Waals surface area contributed by atoms with E-state index in [9.17, 15) is 24.0 Å². The van der Waals surface area contributed by atoms with Crippen molar-refractivity contribution >= 4 is 29.6 Å². The van der Waals surface area contributed by atoms with Crippen molar-refractivity contribution in [2.24, 2.45) is 11.5 Å². The number of carbonyl (C=O) groups is 5. The van der Waals surface area contributed by atoms with Gasteiger partial charge < -0.3 is 37.5 Å². The molecule has 0 aromatic carbocycles. The Labute approximate surface area is 172 Å². The first-order valence-electron chi connectivity index (χ1n) is 9.16. The monoisotopic (exact) mass is 425 g/mol. The first-order chi connectivity index (χ1) is 14.0. The van der Waals surface area contributed by atoms with E-state index in [4.69, 9.17) is 16.6 Å². The average Bonchev–Trinajstić information content (AvgIpc) is 3.16. The van der Waals surface area contributed by atoms with Crippen LogP contribution in [-0.2, 0) is 30.4 Å². The summed E-state index contributed by atoms with van der Waals surface area (Å²) in [6, 6.07) is -4.45. The van der Waals surface area contributed by atoms with Crippen molar-refractivity contribution in [2.45, 2.75) is 57.3 Å². The Balaban J connectivity index is 2.97. The van der Waals surface area contributed by atoms with E-state index in [0.717, 1.165) is 0 Å². The number of hydrogen-bond acceptors (Lipinski definition) is 7. The normalized spacial score (nSPS) is 14.6. The second kappa shape index (κ2) is 11.5. The van der Waals surface area contributed by atoms with Crippen molar-refractivity contribution in [1.29, 1.82) is 0 Å². The van der Waals surface area contributed by atoms with Crippen molar-refractivity contribution in [3.05, 3.63) is 18.2 Å². The molecule has 13 heteroatoms. The van der Waals surface area contributed by atoms with Gasteiger partial charge in [-0.05, 0) is 20.3 Å². The van der Waals surface area contributed by atoms with E-state index in [1.807, 2.05) is 0 Å². The number of carbonyl (C=O) groups excluding carboxylic acids is 4. The number of amides is 4. The van der Waals surface area contributed by atoms with Crippen LogP contribution < -0.4 is 27.4 Å². The number of H-pyrrole nitrogens is 1. The first-order valence-corrected chi connectivity index (χ1v) is 9.16. The van der Waals surface area contributed by atoms with Gasteiger partial charge in [-0.15, -0.1) is 0 Å². The van der Waals surface area contributed by atoms with Gasteiger partial charge in [-0.25, -0.2) is 4.98 Å². The molecule has 166 valence electrons. The number of rotatable bonds is 12. The molecule has 0 aliphatic carbocycles. The number of primary amides is 1. The fraction of sp³-hybridized carbons (Fsp3) is 0.529. The summed E-state index contributed by atoms with van der Waals surface area (Å²) in [4.78, 5) is 65.9. The smallest absolute Gasteiger partial charge is 0.325 e. The largest absolute Gasteiger partial charge is 0.480 e. The van der Waals surface area contributed by atoms with Gasteiger partial charge >= 0.3 is 5.97 Å². The lowest BCUT2D eigenvalue weighted by Crippen LogP contribution is -2.57. The summed E-state index contributed by atoms with van der Waals surface area (Å²) in [6.07, 6.45) is 2.51. The van der Waals surface area contributed by atoms with Crippen LogP contribution in [0, 0.1) is 0 Å². The van der Waals surface area contributed by atoms with Crippen molar-refractivity contribution < 1.29 is 29.1 Å². The molecule has 0 fully saturated rings. The van der Waals surface area contributed by atoms with Gasteiger partial charge in [0.15, 0.2) is 0 Å². The number of nitrogens with two attached hydrogens (primary N) is 2. The standard InChI is InChI=1S/C17H27N7O6/c1-8(18)14(26)24-12(5-10-6-20-7-21-10)16(28)23-11(3-4-13(19)25)15(27)22-9(2)17(29)30/h6-9,11-12H,3-5,18H2,1-2H3,(H2,19,25)(H,20,21)(H,22,27)(H,23,28)(H,24,26)(H,29,30). The summed E-state index contributed by atoms with van der Waals surface area (Å²) in [5.41, 5.74) is 11.2. The molecule has 0 bridgehead atoms. The summed E-state index contributed by atoms with van der Waals surface area (Å²) in [6.45, 7) is 2.69. The number of nitrogens with zero attached hydrogens (tertiary/aromatic N) is 1. The maximum atomic E-state index is 12.8. The fourth-order valence-electron chi connectivity index (χ4n) is 2.33. The highest BCUT2D eigenvalue weighted by atomic mass is 16.4. The molecule has 1 aromatic heterocycles. The van der Waals surface area contributed by atoms with E-state index in [0.29, 0.717) is 5.69 Å². The lowest BCUT2D eigenvalue weighted by Gasteiger charge is -2.24. The van der Waals surface area contributed by atoms with Crippen molar-refractivity contribution in [2.75, 3.05) is 0 Å². The molecule has 0 aliphatic heterocycles. The maximum absolute atomic E-state index is 12.8. The van der Waals surface area contributed by atoms with Crippen LogP contribution >= 0.6 is 0 Å². The molecule has 4 amide bonds. The van der Waals surface area contributed by atoms with Gasteiger partial charge in [0.2, 0.25) is 23.6 Å². The minimum atomic E-state index is -1.27. The summed E-state index contributed by atoms with van der Waals surface area (Å²) in [7, 11) is 0. The van der Waals surface area contributed by atoms with Gasteiger partial charge in [0.1, 0.15) is 18.1 Å². The number of carboxylic acids is 1. The van der Waals surface area contributed by atoms with E-state index in [1.54, 1.807) is 0 Å². The fourth-order valence-corrected chi connectivity index (χ4v) is 2.33. The molecule has 0 spiro atoms. The molecular formula is C17H27N7O6. The number of carboxylic acid groups (broad SMARTS) is 1. The highest BCUT2D eigenvalue weighted by Crippen LogP contribution is 2.04. The Hall–Kier alpha value is -3.48. The van der Waals surface area contributed by atoms with Crippen LogP contribution in [0.15, 0.2) is 12.5 Å². The maximum Gasteiger partial charge on any atom is 0.325 e. The molecule has 1 aromatic rings. The third-order valence-corrected chi connectivity index (χ3v) is 4.07. The quantitative estimate of drug-likeness (QED) is 0.184. The average molecular weight is 425 g/mol. The third-order valence-electron chi connectivity index (χ3n) is 4.07. The molecule has 4 atom stereocenters. The van der Waals surface area contributed by atoms with Crippen LogP contribution in [0.1, 0.15) is 32.4 Å². The van der Waals surface area contributed by atoms with Crippen LogP contribution in [0.3, 0.4) is 0 Å². The molecule has 4 unspecified atom stereocenters. The Morgan fingerprint density at radius 1 is 1.07 bits per heavy atom. The highest BCUT2D eigenvalue weighted by molar-refractivity contribution is 5.94. The predicted molar refractivity (Wildman–Crippen MR) is 103 cm³/mol. The highest BCUT2D eigenvalue weighted by Gasteiger charge is 2.29. The molecule has 30 heavy (non-hydrogen) atoms. The number of hydrogen-bond donors (Lipinski definition) is 7. The molecular weight excluding hydrogens is 398 g/mol. The summed E-state index contributed by atoms with van der Waals surface area (Å²) >= 11 is 0. The van der Waals surface area contributed by atoms with Crippen molar-refractivity contribution in [1.82, 2.24) is 25.9 Å². The van der Waals surface area contributed by atoms with Crippen LogP contribution in [0.25, 0.3) is 0 Å². The number of imidazole rings is 1. The van der Waals surface area contributed by atoms with Crippen molar-refractivity contribution in [3.8, 4) is 0 Å². The van der Waals surface area contributed by atoms with Gasteiger partial charge in [0.05, 0.1) is 12.4 Å². The molecule has 0 aliphatic rings. The van der Waals surface area contributed by atoms with Crippen molar-refractivity contribution in [3.63, 3.8) is 0 Å². The number of aromatic nitrogens is 2. The van der Waals surface area contributed by atoms with Crippen LogP contribution in [-0.4, -0.2) is 68.8 Å². The van der Waals surface area contributed by atoms with E-state index in [2.05, 4.69) is 25.9 Å². The molecule has 0 saturated carbocycles. The van der Waals surface area contributed by atoms with Gasteiger partial charge in [-0.1, -0.05) is 0 Å². The van der Waals surface area contributed by atoms with Crippen LogP contribution in [0.2, 0.25) is 0 Å². The molecule has 9 N–H and O–H groups in total. The van der Waals surface area contributed by atoms with Gasteiger partial charge in [0.25, 0.3) is 0 Å². The second-order valence-corrected chi connectivity index (χ2v) is 6.77. The van der Waals surface area contributed by atoms with Crippen LogP contribution in [0.5, 0.6) is 0 Å². The third kappa shape index (κ3) is 8.26. The molecule has 0 saturated heterocycles. The topological polar surface area (TPSA) is 222 Å². The van der Waals surface area contributed by atoms with Gasteiger partial charge in [0, 0.05) is 24.7 Å². The Morgan fingerprint density at radius 2 is 1.67 bits per heavy atom. The number of aliphatic carboxylic acids is 1. The molecule has 1 heterocycles. The SMILES string of the molecule is CC(N)C(=O)NC(Cc1cnc[nH]1)C(=O)NC(CCC(N)=O)C(=O)NC(C)C(=O)O. The number of nitrogens with one attached hydrogen (secondary N) is 4. The van der Waals surface area contributed by atoms with Crippen LogP contribution in [0.4, 0.5) is 0 Å². The molecule has 0 radical (unpaired) electrons. The lowest BCUT2D eigenvalue weighted by molar-refractivity contribution is -0.142. The van der Waals surface area contributed by atoms with E-state index in [1.165, 1.54) is 26.4 Å². The van der Waals surface area contributed by atoms with E-state index in [-0.39, 0.29) is 19.3 Å². The van der Waals surface area contributed by atoms with E-state index >= 15 is 0 Å². The Bertz CT molecular complexity index is 765. The minimum absolute atomic E-state index is 0.0278. The summed E-state index contributed by atoms with van der Waals surface area (Å²) < 4.78 is 0. The van der Waals surface area contributed by atoms with Gasteiger partial charge in [-0.2, -0.15) is 0 Å². The second-order valence-electron chi connectivity index (χ2n) is 6.77. The molecule has 1 rings (SSSR count). The first kappa shape index (κ1) is 24.6. The Kier molecular flexibility index (Phi) is 9.42. The summed E-state index contributed by atoms with van der Waals surface area (Å²) in [5.74, 6) is -4.10. The minimum Gasteiger partial charge on any atom is -0.480 e. The zero-order valence-electron chi connectivity index (χ0n) is 16.7. The summed E-state index contributed by atoms with van der Waals surface area (Å²) in [5, 5.41) is 16.1. The lowest BCUT2D eigenvalue weighted by atomic mass is 10.1. The van der Waals surface area contributed by atoms with Gasteiger partial charge in [-0.3, -0.25) is 24.0 Å².